The van der Waals surface area contributed by atoms with Crippen LogP contribution in [0.1, 0.15) is 29.7 Å². The van der Waals surface area contributed by atoms with Gasteiger partial charge in [0.2, 0.25) is 5.91 Å². The Bertz CT molecular complexity index is 618. The Kier molecular flexibility index (Phi) is 5.63. The molecule has 116 valence electrons. The minimum Gasteiger partial charge on any atom is -0.394 e. The molecule has 2 atom stereocenters. The predicted octanol–water partition coefficient (Wildman–Crippen LogP) is 2.10. The first-order chi connectivity index (χ1) is 10.6. The van der Waals surface area contributed by atoms with Crippen LogP contribution in [-0.2, 0) is 4.79 Å². The van der Waals surface area contributed by atoms with Gasteiger partial charge >= 0.3 is 0 Å². The smallest absolute Gasteiger partial charge is 0.223 e. The molecule has 0 aliphatic rings. The minimum atomic E-state index is -1.09. The monoisotopic (exact) mass is 303 g/mol. The molecule has 0 saturated carbocycles. The molecule has 0 bridgehead atoms. The Balaban J connectivity index is 1.97. The summed E-state index contributed by atoms with van der Waals surface area (Å²) in [5.41, 5.74) is 1.12. The Morgan fingerprint density at radius 1 is 1.09 bits per heavy atom. The van der Waals surface area contributed by atoms with E-state index in [2.05, 4.69) is 5.32 Å². The highest BCUT2D eigenvalue weighted by Gasteiger charge is 2.17. The van der Waals surface area contributed by atoms with Crippen LogP contribution in [0.2, 0.25) is 0 Å². The van der Waals surface area contributed by atoms with E-state index in [1.54, 1.807) is 18.2 Å². The van der Waals surface area contributed by atoms with Gasteiger partial charge in [0.05, 0.1) is 25.2 Å². The zero-order chi connectivity index (χ0) is 15.9. The number of hydrogen-bond donors (Lipinski definition) is 3. The fraction of sp³-hybridized carbons (Fsp3) is 0.235. The van der Waals surface area contributed by atoms with Gasteiger partial charge in [0.25, 0.3) is 0 Å². The van der Waals surface area contributed by atoms with Crippen molar-refractivity contribution in [1.29, 1.82) is 0 Å². The molecule has 0 fully saturated rings. The van der Waals surface area contributed by atoms with Crippen molar-refractivity contribution in [2.24, 2.45) is 0 Å². The van der Waals surface area contributed by atoms with Crippen LogP contribution in [0.15, 0.2) is 54.6 Å². The van der Waals surface area contributed by atoms with Gasteiger partial charge in [0.1, 0.15) is 5.82 Å². The second-order valence-electron chi connectivity index (χ2n) is 4.99. The molecule has 0 spiro atoms. The number of halogens is 1. The number of rotatable bonds is 6. The minimum absolute atomic E-state index is 0.202. The molecule has 1 amide bonds. The van der Waals surface area contributed by atoms with Gasteiger partial charge in [-0.1, -0.05) is 42.5 Å². The molecule has 5 heteroatoms. The Labute approximate surface area is 128 Å². The maximum absolute atomic E-state index is 13.1. The van der Waals surface area contributed by atoms with Crippen LogP contribution in [0.5, 0.6) is 0 Å². The van der Waals surface area contributed by atoms with Crippen LogP contribution in [0, 0.1) is 5.82 Å². The lowest BCUT2D eigenvalue weighted by molar-refractivity contribution is -0.124. The first kappa shape index (κ1) is 16.1. The molecule has 0 heterocycles. The Morgan fingerprint density at radius 2 is 1.77 bits per heavy atom. The molecule has 0 aromatic heterocycles. The van der Waals surface area contributed by atoms with Gasteiger partial charge in [0, 0.05) is 0 Å². The lowest BCUT2D eigenvalue weighted by Gasteiger charge is -2.18. The van der Waals surface area contributed by atoms with Gasteiger partial charge in [-0.15, -0.1) is 0 Å². The molecule has 22 heavy (non-hydrogen) atoms. The number of amides is 1. The van der Waals surface area contributed by atoms with Crippen molar-refractivity contribution >= 4 is 5.91 Å². The summed E-state index contributed by atoms with van der Waals surface area (Å²) >= 11 is 0. The molecule has 0 radical (unpaired) electrons. The summed E-state index contributed by atoms with van der Waals surface area (Å²) in [6, 6.07) is 14.0. The van der Waals surface area contributed by atoms with Crippen molar-refractivity contribution in [2.45, 2.75) is 18.6 Å². The molecule has 0 aliphatic carbocycles. The predicted molar refractivity (Wildman–Crippen MR) is 80.4 cm³/mol. The molecule has 0 saturated heterocycles. The quantitative estimate of drug-likeness (QED) is 0.765. The van der Waals surface area contributed by atoms with Gasteiger partial charge in [-0.2, -0.15) is 0 Å². The number of hydrogen-bond acceptors (Lipinski definition) is 3. The van der Waals surface area contributed by atoms with Crippen molar-refractivity contribution in [3.8, 4) is 0 Å². The van der Waals surface area contributed by atoms with Gasteiger partial charge in [-0.25, -0.2) is 4.39 Å². The summed E-state index contributed by atoms with van der Waals surface area (Å²) in [6.45, 7) is -0.244. The number of nitrogens with one attached hydrogen (secondary N) is 1. The van der Waals surface area contributed by atoms with E-state index in [1.165, 1.54) is 18.2 Å². The summed E-state index contributed by atoms with van der Waals surface area (Å²) < 4.78 is 13.1. The van der Waals surface area contributed by atoms with Gasteiger partial charge in [-0.3, -0.25) is 4.79 Å². The van der Waals surface area contributed by atoms with Gasteiger partial charge in [-0.05, 0) is 23.3 Å². The highest BCUT2D eigenvalue weighted by Crippen LogP contribution is 2.18. The number of carbonyl (C=O) groups excluding carboxylic acids is 1. The van der Waals surface area contributed by atoms with Crippen molar-refractivity contribution in [3.05, 3.63) is 71.5 Å². The molecular weight excluding hydrogens is 285 g/mol. The maximum atomic E-state index is 13.1. The van der Waals surface area contributed by atoms with E-state index in [0.29, 0.717) is 5.56 Å². The van der Waals surface area contributed by atoms with E-state index in [0.717, 1.165) is 5.56 Å². The van der Waals surface area contributed by atoms with Crippen molar-refractivity contribution in [1.82, 2.24) is 5.32 Å². The topological polar surface area (TPSA) is 69.6 Å². The van der Waals surface area contributed by atoms with E-state index in [9.17, 15) is 19.4 Å². The zero-order valence-electron chi connectivity index (χ0n) is 11.9. The third-order valence-corrected chi connectivity index (χ3v) is 3.33. The number of benzene rings is 2. The maximum Gasteiger partial charge on any atom is 0.223 e. The SMILES string of the molecule is O=C(C[C@H](O)c1cccc(F)c1)N[C@H](CO)c1ccccc1. The van der Waals surface area contributed by atoms with E-state index in [4.69, 9.17) is 0 Å². The Hall–Kier alpha value is -2.24. The fourth-order valence-corrected chi connectivity index (χ4v) is 2.18. The summed E-state index contributed by atoms with van der Waals surface area (Å²) in [5, 5.41) is 22.0. The van der Waals surface area contributed by atoms with Gasteiger partial charge in [0.15, 0.2) is 0 Å². The molecule has 2 aromatic rings. The average Bonchev–Trinajstić information content (AvgIpc) is 2.53. The normalized spacial score (nSPS) is 13.4. The summed E-state index contributed by atoms with van der Waals surface area (Å²) in [4.78, 5) is 12.0. The second-order valence-corrected chi connectivity index (χ2v) is 4.99. The second kappa shape index (κ2) is 7.68. The van der Waals surface area contributed by atoms with E-state index in [-0.39, 0.29) is 13.0 Å². The third-order valence-electron chi connectivity index (χ3n) is 3.33. The standard InChI is InChI=1S/C17H18FNO3/c18-14-8-4-7-13(9-14)16(21)10-17(22)19-15(11-20)12-5-2-1-3-6-12/h1-9,15-16,20-21H,10-11H2,(H,19,22)/t15-,16+/m1/s1. The molecule has 0 unspecified atom stereocenters. The molecule has 2 aromatic carbocycles. The number of aliphatic hydroxyl groups excluding tert-OH is 2. The van der Waals surface area contributed by atoms with E-state index in [1.807, 2.05) is 18.2 Å². The van der Waals surface area contributed by atoms with Crippen LogP contribution >= 0.6 is 0 Å². The van der Waals surface area contributed by atoms with Crippen LogP contribution in [0.4, 0.5) is 4.39 Å². The highest BCUT2D eigenvalue weighted by molar-refractivity contribution is 5.77. The Morgan fingerprint density at radius 3 is 2.41 bits per heavy atom. The third kappa shape index (κ3) is 4.38. The fourth-order valence-electron chi connectivity index (χ4n) is 2.18. The summed E-state index contributed by atoms with van der Waals surface area (Å²) in [6.07, 6.45) is -1.29. The molecule has 4 nitrogen and oxygen atoms in total. The first-order valence-electron chi connectivity index (χ1n) is 6.99. The van der Waals surface area contributed by atoms with Crippen molar-refractivity contribution < 1.29 is 19.4 Å². The average molecular weight is 303 g/mol. The lowest BCUT2D eigenvalue weighted by Crippen LogP contribution is -2.31. The van der Waals surface area contributed by atoms with Crippen molar-refractivity contribution in [3.63, 3.8) is 0 Å². The summed E-state index contributed by atoms with van der Waals surface area (Å²) in [5.74, 6) is -0.880. The van der Waals surface area contributed by atoms with Crippen molar-refractivity contribution in [2.75, 3.05) is 6.61 Å². The number of carbonyl (C=O) groups is 1. The van der Waals surface area contributed by atoms with E-state index < -0.39 is 23.9 Å². The van der Waals surface area contributed by atoms with Crippen LogP contribution < -0.4 is 5.32 Å². The largest absolute Gasteiger partial charge is 0.394 e. The molecular formula is C17H18FNO3. The highest BCUT2D eigenvalue weighted by atomic mass is 19.1. The number of aliphatic hydroxyl groups is 2. The lowest BCUT2D eigenvalue weighted by atomic mass is 10.0. The van der Waals surface area contributed by atoms with Crippen LogP contribution in [0.3, 0.4) is 0 Å². The van der Waals surface area contributed by atoms with E-state index >= 15 is 0 Å². The molecule has 0 aliphatic heterocycles. The van der Waals surface area contributed by atoms with Gasteiger partial charge < -0.3 is 15.5 Å². The first-order valence-corrected chi connectivity index (χ1v) is 6.99. The molecule has 3 N–H and O–H groups in total. The van der Waals surface area contributed by atoms with Crippen LogP contribution in [0.25, 0.3) is 0 Å². The summed E-state index contributed by atoms with van der Waals surface area (Å²) in [7, 11) is 0. The van der Waals surface area contributed by atoms with Crippen LogP contribution in [-0.4, -0.2) is 22.7 Å². The molecule has 2 rings (SSSR count). The zero-order valence-corrected chi connectivity index (χ0v) is 11.9.